The lowest BCUT2D eigenvalue weighted by atomic mass is 9.96. The molecular weight excluding hydrogens is 372 g/mol. The molecule has 5 rings (SSSR count). The molecule has 4 aromatic rings. The number of hydrogen-bond acceptors (Lipinski definition) is 3. The largest absolute Gasteiger partial charge is 0.239 e. The molecule has 0 bridgehead atoms. The van der Waals surface area contributed by atoms with Gasteiger partial charge in [0.05, 0.1) is 5.69 Å². The Morgan fingerprint density at radius 3 is 1.52 bits per heavy atom. The first-order valence-electron chi connectivity index (χ1n) is 9.67. The standard InChI is InChI=1S/C26H20N2S/c1-5-13-21(14-6-1)25-27-28(24-19-11-4-12-20-24)26(29-25,22-15-7-2-8-16-22)23-17-9-3-10-18-23/h1-20H. The van der Waals surface area contributed by atoms with Crippen molar-refractivity contribution >= 4 is 22.5 Å². The van der Waals surface area contributed by atoms with E-state index in [2.05, 4.69) is 114 Å². The molecule has 0 aliphatic carbocycles. The average Bonchev–Trinajstić information content (AvgIpc) is 3.23. The zero-order valence-electron chi connectivity index (χ0n) is 15.8. The maximum atomic E-state index is 5.15. The number of para-hydroxylation sites is 1. The van der Waals surface area contributed by atoms with E-state index in [1.807, 2.05) is 12.1 Å². The Bertz CT molecular complexity index is 1070. The van der Waals surface area contributed by atoms with E-state index in [-0.39, 0.29) is 0 Å². The molecule has 3 heteroatoms. The second kappa shape index (κ2) is 7.61. The number of benzene rings is 4. The van der Waals surface area contributed by atoms with E-state index in [0.29, 0.717) is 0 Å². The van der Waals surface area contributed by atoms with Gasteiger partial charge in [0.2, 0.25) is 0 Å². The van der Waals surface area contributed by atoms with Crippen LogP contribution in [0.1, 0.15) is 16.7 Å². The number of hydrogen-bond donors (Lipinski definition) is 0. The minimum atomic E-state index is -0.477. The maximum absolute atomic E-state index is 5.15. The van der Waals surface area contributed by atoms with Gasteiger partial charge in [-0.3, -0.25) is 0 Å². The molecule has 0 amide bonds. The van der Waals surface area contributed by atoms with Crippen molar-refractivity contribution in [3.63, 3.8) is 0 Å². The highest BCUT2D eigenvalue weighted by Crippen LogP contribution is 2.53. The summed E-state index contributed by atoms with van der Waals surface area (Å²) in [5, 5.41) is 8.34. The van der Waals surface area contributed by atoms with Gasteiger partial charge in [-0.25, -0.2) is 5.01 Å². The highest BCUT2D eigenvalue weighted by molar-refractivity contribution is 8.15. The van der Waals surface area contributed by atoms with Gasteiger partial charge in [0.15, 0.2) is 4.87 Å². The molecule has 1 aliphatic heterocycles. The molecule has 0 radical (unpaired) electrons. The third-order valence-electron chi connectivity index (χ3n) is 5.09. The molecule has 1 aliphatic rings. The van der Waals surface area contributed by atoms with Gasteiger partial charge in [-0.05, 0) is 23.3 Å². The Morgan fingerprint density at radius 1 is 0.552 bits per heavy atom. The third-order valence-corrected chi connectivity index (χ3v) is 6.54. The summed E-state index contributed by atoms with van der Waals surface area (Å²) >= 11 is 1.80. The number of rotatable bonds is 4. The second-order valence-electron chi connectivity index (χ2n) is 6.90. The van der Waals surface area contributed by atoms with Crippen molar-refractivity contribution in [2.75, 3.05) is 5.01 Å². The molecule has 0 saturated heterocycles. The van der Waals surface area contributed by atoms with Crippen molar-refractivity contribution in [1.29, 1.82) is 0 Å². The Balaban J connectivity index is 1.76. The van der Waals surface area contributed by atoms with Crippen LogP contribution < -0.4 is 5.01 Å². The Kier molecular flexibility index (Phi) is 4.66. The molecule has 0 fully saturated rings. The van der Waals surface area contributed by atoms with E-state index in [4.69, 9.17) is 5.10 Å². The van der Waals surface area contributed by atoms with Gasteiger partial charge < -0.3 is 0 Å². The van der Waals surface area contributed by atoms with Crippen molar-refractivity contribution in [2.45, 2.75) is 4.87 Å². The van der Waals surface area contributed by atoms with Crippen LogP contribution in [0.25, 0.3) is 0 Å². The van der Waals surface area contributed by atoms with Crippen LogP contribution in [0.5, 0.6) is 0 Å². The Morgan fingerprint density at radius 2 is 1.00 bits per heavy atom. The normalized spacial score (nSPS) is 15.2. The lowest BCUT2D eigenvalue weighted by Gasteiger charge is -2.37. The molecule has 0 N–H and O–H groups in total. The molecule has 1 heterocycles. The SMILES string of the molecule is c1ccc(C2=NN(c3ccccc3)C(c3ccccc3)(c3ccccc3)S2)cc1. The minimum absolute atomic E-state index is 0.477. The zero-order chi connectivity index (χ0) is 19.5. The van der Waals surface area contributed by atoms with Crippen LogP contribution in [0.4, 0.5) is 5.69 Å². The molecule has 140 valence electrons. The molecule has 0 aromatic heterocycles. The van der Waals surface area contributed by atoms with E-state index in [1.54, 1.807) is 11.8 Å². The Labute approximate surface area is 175 Å². The van der Waals surface area contributed by atoms with Crippen molar-refractivity contribution < 1.29 is 0 Å². The maximum Gasteiger partial charge on any atom is 0.164 e. The molecule has 0 unspecified atom stereocenters. The first-order valence-corrected chi connectivity index (χ1v) is 10.5. The van der Waals surface area contributed by atoms with Crippen molar-refractivity contribution in [1.82, 2.24) is 0 Å². The van der Waals surface area contributed by atoms with Crippen LogP contribution in [-0.2, 0) is 4.87 Å². The van der Waals surface area contributed by atoms with E-state index < -0.39 is 4.87 Å². The first kappa shape index (κ1) is 17.8. The molecule has 29 heavy (non-hydrogen) atoms. The first-order chi connectivity index (χ1) is 14.4. The number of hydrazone groups is 1. The fourth-order valence-corrected chi connectivity index (χ4v) is 5.12. The fourth-order valence-electron chi connectivity index (χ4n) is 3.73. The van der Waals surface area contributed by atoms with Crippen molar-refractivity contribution in [3.05, 3.63) is 138 Å². The minimum Gasteiger partial charge on any atom is -0.239 e. The van der Waals surface area contributed by atoms with Gasteiger partial charge in [-0.2, -0.15) is 5.10 Å². The van der Waals surface area contributed by atoms with E-state index in [1.165, 1.54) is 11.1 Å². The summed E-state index contributed by atoms with van der Waals surface area (Å²) in [6.45, 7) is 0. The summed E-state index contributed by atoms with van der Waals surface area (Å²) < 4.78 is 0. The summed E-state index contributed by atoms with van der Waals surface area (Å²) in [6, 6.07) is 42.2. The van der Waals surface area contributed by atoms with Gasteiger partial charge >= 0.3 is 0 Å². The highest BCUT2D eigenvalue weighted by atomic mass is 32.2. The van der Waals surface area contributed by atoms with Gasteiger partial charge in [-0.1, -0.05) is 121 Å². The van der Waals surface area contributed by atoms with Gasteiger partial charge in [-0.15, -0.1) is 0 Å². The summed E-state index contributed by atoms with van der Waals surface area (Å²) in [7, 11) is 0. The lowest BCUT2D eigenvalue weighted by molar-refractivity contribution is 0.694. The van der Waals surface area contributed by atoms with E-state index >= 15 is 0 Å². The molecular formula is C26H20N2S. The monoisotopic (exact) mass is 392 g/mol. The fraction of sp³-hybridized carbons (Fsp3) is 0.0385. The van der Waals surface area contributed by atoms with Crippen molar-refractivity contribution in [2.24, 2.45) is 5.10 Å². The quantitative estimate of drug-likeness (QED) is 0.394. The van der Waals surface area contributed by atoms with Gasteiger partial charge in [0.25, 0.3) is 0 Å². The molecule has 2 nitrogen and oxygen atoms in total. The molecule has 0 atom stereocenters. The number of thioether (sulfide) groups is 1. The topological polar surface area (TPSA) is 15.6 Å². The van der Waals surface area contributed by atoms with Crippen LogP contribution in [-0.4, -0.2) is 5.04 Å². The molecule has 0 saturated carbocycles. The molecule has 4 aromatic carbocycles. The van der Waals surface area contributed by atoms with Crippen LogP contribution in [0, 0.1) is 0 Å². The van der Waals surface area contributed by atoms with Crippen LogP contribution in [0.2, 0.25) is 0 Å². The number of nitrogens with zero attached hydrogens (tertiary/aromatic N) is 2. The van der Waals surface area contributed by atoms with E-state index in [9.17, 15) is 0 Å². The smallest absolute Gasteiger partial charge is 0.164 e. The van der Waals surface area contributed by atoms with Crippen LogP contribution in [0.3, 0.4) is 0 Å². The predicted molar refractivity (Wildman–Crippen MR) is 123 cm³/mol. The summed E-state index contributed by atoms with van der Waals surface area (Å²) in [6.07, 6.45) is 0. The van der Waals surface area contributed by atoms with Crippen LogP contribution in [0.15, 0.2) is 126 Å². The van der Waals surface area contributed by atoms with Crippen LogP contribution >= 0.6 is 11.8 Å². The summed E-state index contributed by atoms with van der Waals surface area (Å²) in [5.41, 5.74) is 4.61. The highest BCUT2D eigenvalue weighted by Gasteiger charge is 2.47. The summed E-state index contributed by atoms with van der Waals surface area (Å²) in [5.74, 6) is 0. The lowest BCUT2D eigenvalue weighted by Crippen LogP contribution is -2.38. The van der Waals surface area contributed by atoms with Crippen molar-refractivity contribution in [3.8, 4) is 0 Å². The van der Waals surface area contributed by atoms with E-state index in [0.717, 1.165) is 16.3 Å². The zero-order valence-corrected chi connectivity index (χ0v) is 16.7. The summed E-state index contributed by atoms with van der Waals surface area (Å²) in [4.78, 5) is -0.477. The predicted octanol–water partition coefficient (Wildman–Crippen LogP) is 6.50. The van der Waals surface area contributed by atoms with Gasteiger partial charge in [0.1, 0.15) is 5.04 Å². The average molecular weight is 393 g/mol. The van der Waals surface area contributed by atoms with Gasteiger partial charge in [0, 0.05) is 5.56 Å². The Hall–Kier alpha value is -3.30. The molecule has 0 spiro atoms. The number of anilines is 1. The second-order valence-corrected chi connectivity index (χ2v) is 8.08. The third kappa shape index (κ3) is 3.14.